The van der Waals surface area contributed by atoms with Crippen LogP contribution in [0, 0.1) is 5.92 Å². The normalized spacial score (nSPS) is 20.4. The first-order chi connectivity index (χ1) is 11.3. The molecule has 0 saturated carbocycles. The number of hydrogen-bond acceptors (Lipinski definition) is 5. The van der Waals surface area contributed by atoms with Gasteiger partial charge in [0.1, 0.15) is 0 Å². The molecule has 8 nitrogen and oxygen atoms in total. The Morgan fingerprint density at radius 3 is 2.42 bits per heavy atom. The van der Waals surface area contributed by atoms with Gasteiger partial charge < -0.3 is 11.5 Å². The third-order valence-electron chi connectivity index (χ3n) is 3.85. The molecule has 1 aliphatic heterocycles. The van der Waals surface area contributed by atoms with Gasteiger partial charge in [0.25, 0.3) is 0 Å². The Kier molecular flexibility index (Phi) is 5.23. The van der Waals surface area contributed by atoms with Gasteiger partial charge in [-0.1, -0.05) is 18.2 Å². The summed E-state index contributed by atoms with van der Waals surface area (Å²) in [5, 5.41) is -1.18. The minimum absolute atomic E-state index is 0.0613. The molecule has 0 unspecified atom stereocenters. The van der Waals surface area contributed by atoms with Crippen molar-refractivity contribution in [3.8, 4) is 0 Å². The molecule has 9 heteroatoms. The first-order valence-electron chi connectivity index (χ1n) is 7.44. The fourth-order valence-electron chi connectivity index (χ4n) is 2.75. The van der Waals surface area contributed by atoms with Crippen molar-refractivity contribution in [3.05, 3.63) is 30.3 Å². The number of nitrogens with zero attached hydrogens (tertiary/aromatic N) is 2. The summed E-state index contributed by atoms with van der Waals surface area (Å²) < 4.78 is 25.6. The lowest BCUT2D eigenvalue weighted by molar-refractivity contribution is -0.160. The summed E-state index contributed by atoms with van der Waals surface area (Å²) in [5.74, 6) is -1.89. The van der Waals surface area contributed by atoms with Gasteiger partial charge >= 0.3 is 0 Å². The van der Waals surface area contributed by atoms with Crippen LogP contribution in [0.15, 0.2) is 40.2 Å². The quantitative estimate of drug-likeness (QED) is 0.316. The van der Waals surface area contributed by atoms with Gasteiger partial charge in [0.2, 0.25) is 21.7 Å². The average Bonchev–Trinajstić information content (AvgIpc) is 2.52. The number of guanidine groups is 1. The van der Waals surface area contributed by atoms with Gasteiger partial charge in [-0.05, 0) is 25.0 Å². The van der Waals surface area contributed by atoms with E-state index in [4.69, 9.17) is 11.5 Å². The number of benzene rings is 1. The highest BCUT2D eigenvalue weighted by atomic mass is 32.2. The molecule has 1 aromatic rings. The second kappa shape index (κ2) is 7.00. The molecule has 24 heavy (non-hydrogen) atoms. The standard InChI is InChI=1S/C15H20N4O4S/c1-10(20)19-13(21)12(8-5-9-18-15(16)17)14(19)24(22,23)11-6-3-2-4-7-11/h2-4,6-7,12,14H,5,8-9H2,1H3,(H4,16,17,18)/t12-,14+/m0/s1. The Balaban J connectivity index is 2.23. The van der Waals surface area contributed by atoms with E-state index >= 15 is 0 Å². The Morgan fingerprint density at radius 1 is 1.25 bits per heavy atom. The molecule has 1 fully saturated rings. The number of carbonyl (C=O) groups is 2. The third kappa shape index (κ3) is 3.40. The summed E-state index contributed by atoms with van der Waals surface area (Å²) in [7, 11) is -3.83. The zero-order valence-corrected chi connectivity index (χ0v) is 14.1. The highest BCUT2D eigenvalue weighted by molar-refractivity contribution is 7.92. The van der Waals surface area contributed by atoms with E-state index < -0.39 is 32.9 Å². The summed E-state index contributed by atoms with van der Waals surface area (Å²) in [5.41, 5.74) is 10.5. The van der Waals surface area contributed by atoms with E-state index in [9.17, 15) is 18.0 Å². The fraction of sp³-hybridized carbons (Fsp3) is 0.400. The van der Waals surface area contributed by atoms with Crippen molar-refractivity contribution < 1.29 is 18.0 Å². The first kappa shape index (κ1) is 17.9. The van der Waals surface area contributed by atoms with Crippen LogP contribution >= 0.6 is 0 Å². The molecular formula is C15H20N4O4S. The van der Waals surface area contributed by atoms with Gasteiger partial charge in [0.05, 0.1) is 10.8 Å². The van der Waals surface area contributed by atoms with Crippen LogP contribution in [0.25, 0.3) is 0 Å². The zero-order chi connectivity index (χ0) is 17.9. The van der Waals surface area contributed by atoms with E-state index in [-0.39, 0.29) is 17.3 Å². The van der Waals surface area contributed by atoms with Crippen LogP contribution in [0.5, 0.6) is 0 Å². The lowest BCUT2D eigenvalue weighted by atomic mass is 9.93. The summed E-state index contributed by atoms with van der Waals surface area (Å²) in [4.78, 5) is 28.6. The molecular weight excluding hydrogens is 332 g/mol. The van der Waals surface area contributed by atoms with Crippen molar-refractivity contribution in [2.24, 2.45) is 22.4 Å². The van der Waals surface area contributed by atoms with Crippen molar-refractivity contribution in [1.82, 2.24) is 4.90 Å². The van der Waals surface area contributed by atoms with Crippen molar-refractivity contribution in [2.75, 3.05) is 6.54 Å². The van der Waals surface area contributed by atoms with Crippen molar-refractivity contribution >= 4 is 27.6 Å². The number of β-lactam (4-membered cyclic amide) rings is 1. The highest BCUT2D eigenvalue weighted by Gasteiger charge is 2.56. The van der Waals surface area contributed by atoms with E-state index in [0.717, 1.165) is 4.90 Å². The largest absolute Gasteiger partial charge is 0.370 e. The molecule has 1 saturated heterocycles. The van der Waals surface area contributed by atoms with Crippen molar-refractivity contribution in [3.63, 3.8) is 0 Å². The molecule has 1 aromatic carbocycles. The molecule has 2 atom stereocenters. The van der Waals surface area contributed by atoms with Gasteiger partial charge in [0.15, 0.2) is 11.3 Å². The van der Waals surface area contributed by atoms with Gasteiger partial charge in [-0.15, -0.1) is 0 Å². The monoisotopic (exact) mass is 352 g/mol. The van der Waals surface area contributed by atoms with Crippen LogP contribution in [-0.4, -0.2) is 43.0 Å². The lowest BCUT2D eigenvalue weighted by Gasteiger charge is -2.44. The average molecular weight is 352 g/mol. The number of hydrogen-bond donors (Lipinski definition) is 2. The highest BCUT2D eigenvalue weighted by Crippen LogP contribution is 2.37. The molecule has 0 bridgehead atoms. The van der Waals surface area contributed by atoms with Crippen LogP contribution < -0.4 is 11.5 Å². The zero-order valence-electron chi connectivity index (χ0n) is 13.3. The lowest BCUT2D eigenvalue weighted by Crippen LogP contribution is -2.65. The summed E-state index contributed by atoms with van der Waals surface area (Å²) in [6.07, 6.45) is 0.733. The maximum Gasteiger partial charge on any atom is 0.236 e. The van der Waals surface area contributed by atoms with Crippen LogP contribution in [0.3, 0.4) is 0 Å². The minimum Gasteiger partial charge on any atom is -0.370 e. The first-order valence-corrected chi connectivity index (χ1v) is 8.99. The molecule has 0 aliphatic carbocycles. The predicted octanol–water partition coefficient (Wildman–Crippen LogP) is -0.155. The van der Waals surface area contributed by atoms with E-state index in [2.05, 4.69) is 4.99 Å². The summed E-state index contributed by atoms with van der Waals surface area (Å²) in [6.45, 7) is 1.48. The van der Waals surface area contributed by atoms with E-state index in [1.807, 2.05) is 0 Å². The number of nitrogens with two attached hydrogens (primary N) is 2. The Hall–Kier alpha value is -2.42. The second-order valence-corrected chi connectivity index (χ2v) is 7.58. The van der Waals surface area contributed by atoms with Crippen molar-refractivity contribution in [1.29, 1.82) is 0 Å². The number of aliphatic imine (C=N–C) groups is 1. The molecule has 1 aliphatic rings. The molecule has 2 rings (SSSR count). The van der Waals surface area contributed by atoms with E-state index in [1.165, 1.54) is 19.1 Å². The second-order valence-electron chi connectivity index (χ2n) is 5.53. The summed E-state index contributed by atoms with van der Waals surface area (Å²) >= 11 is 0. The number of imide groups is 1. The molecule has 130 valence electrons. The maximum atomic E-state index is 12.8. The van der Waals surface area contributed by atoms with Gasteiger partial charge in [-0.25, -0.2) is 8.42 Å². The van der Waals surface area contributed by atoms with Crippen LogP contribution in [0.4, 0.5) is 0 Å². The molecule has 0 radical (unpaired) electrons. The molecule has 0 spiro atoms. The smallest absolute Gasteiger partial charge is 0.236 e. The van der Waals surface area contributed by atoms with Crippen LogP contribution in [-0.2, 0) is 19.4 Å². The van der Waals surface area contributed by atoms with Gasteiger partial charge in [0, 0.05) is 13.5 Å². The Labute approximate surface area is 140 Å². The molecule has 1 heterocycles. The number of sulfone groups is 1. The topological polar surface area (TPSA) is 136 Å². The summed E-state index contributed by atoms with van der Waals surface area (Å²) in [6, 6.07) is 7.79. The predicted molar refractivity (Wildman–Crippen MR) is 88.3 cm³/mol. The Bertz CT molecular complexity index is 757. The number of amides is 2. The fourth-order valence-corrected chi connectivity index (χ4v) is 4.78. The van der Waals surface area contributed by atoms with Gasteiger partial charge in [-0.2, -0.15) is 0 Å². The third-order valence-corrected chi connectivity index (χ3v) is 5.95. The van der Waals surface area contributed by atoms with Crippen molar-refractivity contribution in [2.45, 2.75) is 30.0 Å². The maximum absolute atomic E-state index is 12.8. The van der Waals surface area contributed by atoms with E-state index in [1.54, 1.807) is 18.2 Å². The van der Waals surface area contributed by atoms with Gasteiger partial charge in [-0.3, -0.25) is 19.5 Å². The SMILES string of the molecule is CC(=O)N1C(=O)[C@H](CCCN=C(N)N)[C@H]1S(=O)(=O)c1ccccc1. The van der Waals surface area contributed by atoms with Crippen LogP contribution in [0.1, 0.15) is 19.8 Å². The number of carbonyl (C=O) groups excluding carboxylic acids is 2. The Morgan fingerprint density at radius 2 is 1.88 bits per heavy atom. The molecule has 0 aromatic heterocycles. The number of rotatable bonds is 6. The molecule has 2 amide bonds. The number of likely N-dealkylation sites (tertiary alicyclic amines) is 1. The van der Waals surface area contributed by atoms with Crippen LogP contribution in [0.2, 0.25) is 0 Å². The minimum atomic E-state index is -3.83. The van der Waals surface area contributed by atoms with E-state index in [0.29, 0.717) is 13.0 Å². The molecule has 4 N–H and O–H groups in total.